The molecule has 0 aliphatic rings. The van der Waals surface area contributed by atoms with Crippen LogP contribution in [-0.4, -0.2) is 41.9 Å². The number of hydrogen-bond acceptors (Lipinski definition) is 2. The Hall–Kier alpha value is -3.52. The molecule has 0 unspecified atom stereocenters. The van der Waals surface area contributed by atoms with Gasteiger partial charge >= 0.3 is 0 Å². The van der Waals surface area contributed by atoms with Gasteiger partial charge in [-0.1, -0.05) is 30.0 Å². The summed E-state index contributed by atoms with van der Waals surface area (Å²) in [5, 5.41) is 3.92. The predicted molar refractivity (Wildman–Crippen MR) is 106 cm³/mol. The number of para-hydroxylation sites is 1. The van der Waals surface area contributed by atoms with Gasteiger partial charge in [0.1, 0.15) is 6.54 Å². The van der Waals surface area contributed by atoms with E-state index in [1.807, 2.05) is 41.1 Å². The van der Waals surface area contributed by atoms with Crippen LogP contribution < -0.4 is 5.32 Å². The van der Waals surface area contributed by atoms with Gasteiger partial charge in [0.15, 0.2) is 0 Å². The molecule has 5 heteroatoms. The van der Waals surface area contributed by atoms with Gasteiger partial charge in [-0.05, 0) is 41.8 Å². The van der Waals surface area contributed by atoms with Crippen LogP contribution in [0.4, 0.5) is 0 Å². The minimum absolute atomic E-state index is 0.0423. The Labute approximate surface area is 158 Å². The van der Waals surface area contributed by atoms with Gasteiger partial charge in [0.25, 0.3) is 5.91 Å². The second-order valence-corrected chi connectivity index (χ2v) is 6.36. The minimum Gasteiger partial charge on any atom is -0.345 e. The van der Waals surface area contributed by atoms with Crippen LogP contribution in [0.15, 0.2) is 60.8 Å². The second-order valence-electron chi connectivity index (χ2n) is 6.36. The number of nitrogens with zero attached hydrogens (tertiary/aromatic N) is 2. The summed E-state index contributed by atoms with van der Waals surface area (Å²) in [6.07, 6.45) is 1.91. The SMILES string of the molecule is CN(C)C(=O)c1ccc(C#CCNC(=O)Cn2ccc3ccccc32)cc1. The second kappa shape index (κ2) is 8.24. The summed E-state index contributed by atoms with van der Waals surface area (Å²) in [4.78, 5) is 25.5. The average molecular weight is 359 g/mol. The van der Waals surface area contributed by atoms with Gasteiger partial charge in [0.05, 0.1) is 6.54 Å². The van der Waals surface area contributed by atoms with Crippen LogP contribution in [-0.2, 0) is 11.3 Å². The Morgan fingerprint density at radius 2 is 1.78 bits per heavy atom. The third kappa shape index (κ3) is 4.56. The van der Waals surface area contributed by atoms with E-state index in [0.717, 1.165) is 16.5 Å². The summed E-state index contributed by atoms with van der Waals surface area (Å²) in [5.74, 6) is 5.79. The molecule has 3 rings (SSSR count). The molecular weight excluding hydrogens is 338 g/mol. The smallest absolute Gasteiger partial charge is 0.253 e. The third-order valence-corrected chi connectivity index (χ3v) is 4.14. The van der Waals surface area contributed by atoms with Crippen LogP contribution in [0, 0.1) is 11.8 Å². The van der Waals surface area contributed by atoms with Crippen molar-refractivity contribution < 1.29 is 9.59 Å². The van der Waals surface area contributed by atoms with Gasteiger partial charge in [-0.15, -0.1) is 0 Å². The maximum Gasteiger partial charge on any atom is 0.253 e. The van der Waals surface area contributed by atoms with E-state index in [-0.39, 0.29) is 24.9 Å². The Balaban J connectivity index is 1.53. The fourth-order valence-corrected chi connectivity index (χ4v) is 2.73. The molecule has 27 heavy (non-hydrogen) atoms. The van der Waals surface area contributed by atoms with Crippen molar-refractivity contribution in [1.82, 2.24) is 14.8 Å². The van der Waals surface area contributed by atoms with Gasteiger partial charge in [0, 0.05) is 36.9 Å². The Bertz CT molecular complexity index is 1020. The molecule has 0 aliphatic heterocycles. The van der Waals surface area contributed by atoms with Crippen molar-refractivity contribution in [3.8, 4) is 11.8 Å². The zero-order chi connectivity index (χ0) is 19.2. The zero-order valence-electron chi connectivity index (χ0n) is 15.4. The summed E-state index contributed by atoms with van der Waals surface area (Å²) < 4.78 is 1.92. The normalized spacial score (nSPS) is 10.1. The summed E-state index contributed by atoms with van der Waals surface area (Å²) in [5.41, 5.74) is 2.46. The lowest BCUT2D eigenvalue weighted by atomic mass is 10.1. The molecule has 5 nitrogen and oxygen atoms in total. The quantitative estimate of drug-likeness (QED) is 0.728. The molecule has 1 N–H and O–H groups in total. The molecule has 1 aromatic heterocycles. The van der Waals surface area contributed by atoms with Gasteiger partial charge in [-0.2, -0.15) is 0 Å². The molecule has 136 valence electrons. The number of amides is 2. The summed E-state index contributed by atoms with van der Waals surface area (Å²) in [6.45, 7) is 0.535. The predicted octanol–water partition coefficient (Wildman–Crippen LogP) is 2.51. The lowest BCUT2D eigenvalue weighted by Crippen LogP contribution is -2.27. The largest absolute Gasteiger partial charge is 0.345 e. The Morgan fingerprint density at radius 1 is 1.04 bits per heavy atom. The Kier molecular flexibility index (Phi) is 5.58. The van der Waals surface area contributed by atoms with Crippen LogP contribution in [0.5, 0.6) is 0 Å². The number of carbonyl (C=O) groups excluding carboxylic acids is 2. The number of fused-ring (bicyclic) bond motifs is 1. The molecule has 0 saturated carbocycles. The molecule has 0 fully saturated rings. The zero-order valence-corrected chi connectivity index (χ0v) is 15.4. The van der Waals surface area contributed by atoms with Crippen LogP contribution in [0.3, 0.4) is 0 Å². The first-order chi connectivity index (χ1) is 13.0. The highest BCUT2D eigenvalue weighted by Gasteiger charge is 2.07. The van der Waals surface area contributed by atoms with Crippen molar-refractivity contribution in [2.75, 3.05) is 20.6 Å². The van der Waals surface area contributed by atoms with Crippen LogP contribution in [0.1, 0.15) is 15.9 Å². The van der Waals surface area contributed by atoms with Crippen LogP contribution in [0.2, 0.25) is 0 Å². The number of benzene rings is 2. The molecule has 0 saturated heterocycles. The number of hydrogen-bond donors (Lipinski definition) is 1. The van der Waals surface area contributed by atoms with Gasteiger partial charge in [0.2, 0.25) is 5.91 Å². The molecule has 2 amide bonds. The van der Waals surface area contributed by atoms with Crippen LogP contribution >= 0.6 is 0 Å². The monoisotopic (exact) mass is 359 g/mol. The molecule has 0 aliphatic carbocycles. The number of carbonyl (C=O) groups is 2. The maximum absolute atomic E-state index is 12.1. The first kappa shape index (κ1) is 18.3. The van der Waals surface area contributed by atoms with E-state index >= 15 is 0 Å². The summed E-state index contributed by atoms with van der Waals surface area (Å²) in [6, 6.07) is 17.1. The number of aromatic nitrogens is 1. The molecule has 0 radical (unpaired) electrons. The van der Waals surface area contributed by atoms with E-state index in [1.54, 1.807) is 38.4 Å². The standard InChI is InChI=1S/C22H21N3O2/c1-24(2)22(27)19-11-9-17(10-12-19)6-5-14-23-21(26)16-25-15-13-18-7-3-4-8-20(18)25/h3-4,7-13,15H,14,16H2,1-2H3,(H,23,26). The van der Waals surface area contributed by atoms with E-state index in [9.17, 15) is 9.59 Å². The maximum atomic E-state index is 12.1. The highest BCUT2D eigenvalue weighted by molar-refractivity contribution is 5.93. The highest BCUT2D eigenvalue weighted by atomic mass is 16.2. The highest BCUT2D eigenvalue weighted by Crippen LogP contribution is 2.14. The molecule has 0 spiro atoms. The van der Waals surface area contributed by atoms with Gasteiger partial charge in [-0.25, -0.2) is 0 Å². The molecule has 0 bridgehead atoms. The molecular formula is C22H21N3O2. The lowest BCUT2D eigenvalue weighted by molar-refractivity contribution is -0.121. The van der Waals surface area contributed by atoms with Gasteiger partial charge in [-0.3, -0.25) is 9.59 Å². The van der Waals surface area contributed by atoms with Crippen molar-refractivity contribution in [3.05, 3.63) is 71.9 Å². The summed E-state index contributed by atoms with van der Waals surface area (Å²) >= 11 is 0. The van der Waals surface area contributed by atoms with Crippen molar-refractivity contribution in [2.24, 2.45) is 0 Å². The number of nitrogens with one attached hydrogen (secondary N) is 1. The minimum atomic E-state index is -0.0856. The van der Waals surface area contributed by atoms with E-state index < -0.39 is 0 Å². The van der Waals surface area contributed by atoms with Gasteiger partial charge < -0.3 is 14.8 Å². The Morgan fingerprint density at radius 3 is 2.52 bits per heavy atom. The molecule has 0 atom stereocenters. The number of rotatable bonds is 4. The van der Waals surface area contributed by atoms with E-state index in [0.29, 0.717) is 5.56 Å². The molecule has 2 aromatic carbocycles. The van der Waals surface area contributed by atoms with Crippen molar-refractivity contribution in [1.29, 1.82) is 0 Å². The lowest BCUT2D eigenvalue weighted by Gasteiger charge is -2.09. The van der Waals surface area contributed by atoms with Crippen molar-refractivity contribution in [2.45, 2.75) is 6.54 Å². The third-order valence-electron chi connectivity index (χ3n) is 4.14. The van der Waals surface area contributed by atoms with Crippen molar-refractivity contribution >= 4 is 22.7 Å². The average Bonchev–Trinajstić information content (AvgIpc) is 3.08. The first-order valence-electron chi connectivity index (χ1n) is 8.66. The fourth-order valence-electron chi connectivity index (χ4n) is 2.73. The van der Waals surface area contributed by atoms with E-state index in [1.165, 1.54) is 4.90 Å². The van der Waals surface area contributed by atoms with Crippen molar-refractivity contribution in [3.63, 3.8) is 0 Å². The van der Waals surface area contributed by atoms with Crippen LogP contribution in [0.25, 0.3) is 10.9 Å². The summed E-state index contributed by atoms with van der Waals surface area (Å²) in [7, 11) is 3.44. The van der Waals surface area contributed by atoms with E-state index in [2.05, 4.69) is 17.2 Å². The molecule has 1 heterocycles. The molecule has 3 aromatic rings. The fraction of sp³-hybridized carbons (Fsp3) is 0.182. The topological polar surface area (TPSA) is 54.3 Å². The first-order valence-corrected chi connectivity index (χ1v) is 8.66. The van der Waals surface area contributed by atoms with E-state index in [4.69, 9.17) is 0 Å².